The maximum atomic E-state index is 10.8. The van der Waals surface area contributed by atoms with E-state index in [1.165, 1.54) is 0 Å². The molecule has 0 radical (unpaired) electrons. The number of halogens is 2. The third-order valence-corrected chi connectivity index (χ3v) is 0.218. The van der Waals surface area contributed by atoms with Crippen molar-refractivity contribution in [3.8, 4) is 0 Å². The van der Waals surface area contributed by atoms with Crippen LogP contribution >= 0.6 is 0 Å². The average Bonchev–Trinajstić information content (AvgIpc) is 1.36. The fourth-order valence-electron chi connectivity index (χ4n) is 0. The number of hydrogen-bond acceptors (Lipinski definition) is 2. The van der Waals surface area contributed by atoms with Gasteiger partial charge in [0.1, 0.15) is 0 Å². The van der Waals surface area contributed by atoms with Crippen LogP contribution < -0.4 is 11.5 Å². The fourth-order valence-corrected chi connectivity index (χ4v) is 0. The first-order valence-electron chi connectivity index (χ1n) is 1.21. The zero-order chi connectivity index (χ0) is 5.15. The van der Waals surface area contributed by atoms with Crippen LogP contribution in [0.1, 0.15) is 0 Å². The lowest BCUT2D eigenvalue weighted by Gasteiger charge is -1.80. The summed E-state index contributed by atoms with van der Waals surface area (Å²) in [5.74, 6) is -0.907. The Labute approximate surface area is 33.4 Å². The second-order valence-corrected chi connectivity index (χ2v) is 0.716. The summed E-state index contributed by atoms with van der Waals surface area (Å²) in [5.41, 5.74) is 8.69. The Balaban J connectivity index is 3.68. The highest BCUT2D eigenvalue weighted by Crippen LogP contribution is 1.93. The smallest absolute Gasteiger partial charge is 0.309 e. The van der Waals surface area contributed by atoms with Gasteiger partial charge in [-0.2, -0.15) is 8.78 Å². The van der Waals surface area contributed by atoms with E-state index in [1.54, 1.807) is 0 Å². The van der Waals surface area contributed by atoms with Gasteiger partial charge in [-0.1, -0.05) is 0 Å². The van der Waals surface area contributed by atoms with E-state index >= 15 is 0 Å². The van der Waals surface area contributed by atoms with Crippen LogP contribution in [-0.4, -0.2) is 0 Å². The number of hydrogen-bond donors (Lipinski definition) is 2. The summed E-state index contributed by atoms with van der Waals surface area (Å²) in [6.45, 7) is 0. The molecule has 0 aromatic rings. The molecule has 0 rings (SSSR count). The quantitative estimate of drug-likeness (QED) is 0.442. The Bertz CT molecular complexity index is 59.6. The van der Waals surface area contributed by atoms with Gasteiger partial charge in [0.2, 0.25) is 0 Å². The van der Waals surface area contributed by atoms with Crippen LogP contribution in [0.15, 0.2) is 11.9 Å². The summed E-state index contributed by atoms with van der Waals surface area (Å²) in [5, 5.41) is 0. The van der Waals surface area contributed by atoms with Crippen molar-refractivity contribution in [2.24, 2.45) is 11.5 Å². The Kier molecular flexibility index (Phi) is 1.38. The van der Waals surface area contributed by atoms with Crippen molar-refractivity contribution >= 4 is 0 Å². The SMILES string of the molecule is NC(N)=C(F)F. The summed E-state index contributed by atoms with van der Waals surface area (Å²) in [4.78, 5) is 0. The molecule has 0 saturated carbocycles. The van der Waals surface area contributed by atoms with E-state index in [9.17, 15) is 8.78 Å². The third-order valence-electron chi connectivity index (χ3n) is 0.218. The van der Waals surface area contributed by atoms with E-state index in [4.69, 9.17) is 0 Å². The van der Waals surface area contributed by atoms with Crippen LogP contribution in [0.5, 0.6) is 0 Å². The molecule has 0 aliphatic carbocycles. The van der Waals surface area contributed by atoms with Gasteiger partial charge in [0.05, 0.1) is 0 Å². The molecule has 0 fully saturated rings. The third kappa shape index (κ3) is 1.51. The normalized spacial score (nSPS) is 7.67. The summed E-state index contributed by atoms with van der Waals surface area (Å²) >= 11 is 0. The van der Waals surface area contributed by atoms with Crippen molar-refractivity contribution in [2.75, 3.05) is 0 Å². The van der Waals surface area contributed by atoms with E-state index in [2.05, 4.69) is 11.5 Å². The summed E-state index contributed by atoms with van der Waals surface area (Å²) in [6.07, 6.45) is -2.02. The predicted octanol–water partition coefficient (Wildman–Crippen LogP) is -0.0306. The minimum Gasteiger partial charge on any atom is -0.381 e. The maximum absolute atomic E-state index is 10.8. The van der Waals surface area contributed by atoms with Crippen LogP contribution in [0.25, 0.3) is 0 Å². The molecule has 0 aromatic heterocycles. The predicted molar refractivity (Wildman–Crippen MR) is 17.6 cm³/mol. The zero-order valence-corrected chi connectivity index (χ0v) is 2.91. The number of nitrogens with two attached hydrogens (primary N) is 2. The van der Waals surface area contributed by atoms with E-state index < -0.39 is 11.9 Å². The Morgan fingerprint density at radius 2 is 1.33 bits per heavy atom. The second kappa shape index (κ2) is 1.59. The van der Waals surface area contributed by atoms with Crippen molar-refractivity contribution in [1.29, 1.82) is 0 Å². The highest BCUT2D eigenvalue weighted by Gasteiger charge is 1.88. The molecule has 4 heteroatoms. The van der Waals surface area contributed by atoms with Crippen molar-refractivity contribution in [1.82, 2.24) is 0 Å². The van der Waals surface area contributed by atoms with Crippen LogP contribution in [0.4, 0.5) is 8.78 Å². The highest BCUT2D eigenvalue weighted by atomic mass is 19.3. The first kappa shape index (κ1) is 5.20. The van der Waals surface area contributed by atoms with Crippen molar-refractivity contribution in [2.45, 2.75) is 0 Å². The van der Waals surface area contributed by atoms with E-state index in [0.717, 1.165) is 0 Å². The van der Waals surface area contributed by atoms with E-state index in [0.29, 0.717) is 0 Å². The van der Waals surface area contributed by atoms with Crippen molar-refractivity contribution in [3.05, 3.63) is 11.9 Å². The Morgan fingerprint density at radius 1 is 1.17 bits per heavy atom. The summed E-state index contributed by atoms with van der Waals surface area (Å²) < 4.78 is 21.6. The van der Waals surface area contributed by atoms with Gasteiger partial charge < -0.3 is 11.5 Å². The minimum atomic E-state index is -2.02. The first-order chi connectivity index (χ1) is 2.64. The molecule has 0 spiro atoms. The van der Waals surface area contributed by atoms with Crippen molar-refractivity contribution < 1.29 is 8.78 Å². The maximum Gasteiger partial charge on any atom is 0.309 e. The van der Waals surface area contributed by atoms with Gasteiger partial charge in [0, 0.05) is 0 Å². The molecular weight excluding hydrogens is 90.0 g/mol. The Morgan fingerprint density at radius 3 is 1.33 bits per heavy atom. The molecule has 2 nitrogen and oxygen atoms in total. The van der Waals surface area contributed by atoms with Gasteiger partial charge in [-0.25, -0.2) is 0 Å². The lowest BCUT2D eigenvalue weighted by Crippen LogP contribution is -2.08. The molecule has 0 aliphatic heterocycles. The van der Waals surface area contributed by atoms with Crippen LogP contribution in [0.2, 0.25) is 0 Å². The van der Waals surface area contributed by atoms with E-state index in [1.807, 2.05) is 0 Å². The monoisotopic (exact) mass is 94.0 g/mol. The fraction of sp³-hybridized carbons (Fsp3) is 0. The molecule has 0 aliphatic rings. The molecule has 6 heavy (non-hydrogen) atoms. The van der Waals surface area contributed by atoms with Gasteiger partial charge >= 0.3 is 6.08 Å². The zero-order valence-electron chi connectivity index (χ0n) is 2.91. The van der Waals surface area contributed by atoms with Gasteiger partial charge in [-0.15, -0.1) is 0 Å². The van der Waals surface area contributed by atoms with Crippen molar-refractivity contribution in [3.63, 3.8) is 0 Å². The molecule has 36 valence electrons. The molecule has 0 saturated heterocycles. The number of rotatable bonds is 0. The second-order valence-electron chi connectivity index (χ2n) is 0.716. The van der Waals surface area contributed by atoms with Crippen LogP contribution in [0, 0.1) is 0 Å². The Hall–Kier alpha value is -0.800. The standard InChI is InChI=1S/C2H4F2N2/c3-1(4)2(5)6/h5-6H2. The lowest BCUT2D eigenvalue weighted by molar-refractivity contribution is 0.409. The lowest BCUT2D eigenvalue weighted by atomic mass is 10.8. The molecule has 0 atom stereocenters. The minimum absolute atomic E-state index is 0.907. The summed E-state index contributed by atoms with van der Waals surface area (Å²) in [6, 6.07) is 0. The first-order valence-corrected chi connectivity index (χ1v) is 1.21. The molecule has 0 bridgehead atoms. The van der Waals surface area contributed by atoms with Gasteiger partial charge in [-0.05, 0) is 0 Å². The summed E-state index contributed by atoms with van der Waals surface area (Å²) in [7, 11) is 0. The molecule has 0 heterocycles. The van der Waals surface area contributed by atoms with Gasteiger partial charge in [-0.3, -0.25) is 0 Å². The van der Waals surface area contributed by atoms with Crippen LogP contribution in [-0.2, 0) is 0 Å². The average molecular weight is 94.1 g/mol. The van der Waals surface area contributed by atoms with Crippen LogP contribution in [0.3, 0.4) is 0 Å². The van der Waals surface area contributed by atoms with E-state index in [-0.39, 0.29) is 0 Å². The van der Waals surface area contributed by atoms with Gasteiger partial charge in [0.25, 0.3) is 0 Å². The molecule has 0 unspecified atom stereocenters. The largest absolute Gasteiger partial charge is 0.381 e. The molecule has 0 amide bonds. The molecular formula is C2H4F2N2. The molecule has 4 N–H and O–H groups in total. The topological polar surface area (TPSA) is 52.0 Å². The van der Waals surface area contributed by atoms with Gasteiger partial charge in [0.15, 0.2) is 5.82 Å². The molecule has 0 aromatic carbocycles. The highest BCUT2D eigenvalue weighted by molar-refractivity contribution is 4.88.